The van der Waals surface area contributed by atoms with Gasteiger partial charge in [-0.3, -0.25) is 9.36 Å². The van der Waals surface area contributed by atoms with Gasteiger partial charge in [-0.1, -0.05) is 35.7 Å². The molecule has 2 aromatic carbocycles. The van der Waals surface area contributed by atoms with E-state index in [0.717, 1.165) is 11.1 Å². The third-order valence-corrected chi connectivity index (χ3v) is 5.61. The number of aliphatic hydroxyl groups is 1. The first-order valence-corrected chi connectivity index (χ1v) is 10.5. The molecule has 0 fully saturated rings. The van der Waals surface area contributed by atoms with Crippen LogP contribution in [0.2, 0.25) is 0 Å². The lowest BCUT2D eigenvalue weighted by Crippen LogP contribution is -2.17. The number of halogens is 1. The lowest BCUT2D eigenvalue weighted by Gasteiger charge is -2.13. The van der Waals surface area contributed by atoms with E-state index in [0.29, 0.717) is 11.1 Å². The minimum absolute atomic E-state index is 0.259. The van der Waals surface area contributed by atoms with Crippen molar-refractivity contribution in [1.82, 2.24) is 0 Å². The van der Waals surface area contributed by atoms with E-state index in [2.05, 4.69) is 11.6 Å². The Labute approximate surface area is 163 Å². The lowest BCUT2D eigenvalue weighted by molar-refractivity contribution is -0.138. The highest BCUT2D eigenvalue weighted by molar-refractivity contribution is 7.63. The van der Waals surface area contributed by atoms with Gasteiger partial charge in [0, 0.05) is 11.1 Å². The molecular weight excluding hydrogens is 382 g/mol. The number of benzene rings is 2. The molecule has 2 atom stereocenters. The lowest BCUT2D eigenvalue weighted by atomic mass is 9.93. The van der Waals surface area contributed by atoms with Crippen LogP contribution in [-0.2, 0) is 9.36 Å². The molecule has 0 radical (unpaired) electrons. The summed E-state index contributed by atoms with van der Waals surface area (Å²) < 4.78 is 26.7. The van der Waals surface area contributed by atoms with Crippen LogP contribution in [0, 0.1) is 38.2 Å². The largest absolute Gasteiger partial charge is 0.481 e. The van der Waals surface area contributed by atoms with Crippen molar-refractivity contribution in [2.45, 2.75) is 33.3 Å². The number of aliphatic hydroxyl groups excluding tert-OH is 1. The number of hydrogen-bond donors (Lipinski definition) is 3. The van der Waals surface area contributed by atoms with E-state index in [1.54, 1.807) is 19.9 Å². The second-order valence-electron chi connectivity index (χ2n) is 6.80. The molecule has 2 aromatic rings. The van der Waals surface area contributed by atoms with Crippen molar-refractivity contribution in [3.63, 3.8) is 0 Å². The van der Waals surface area contributed by atoms with Gasteiger partial charge in [0.25, 0.3) is 7.37 Å². The summed E-state index contributed by atoms with van der Waals surface area (Å²) in [6.07, 6.45) is -2.81. The predicted molar refractivity (Wildman–Crippen MR) is 106 cm³/mol. The van der Waals surface area contributed by atoms with E-state index < -0.39 is 37.8 Å². The van der Waals surface area contributed by atoms with Gasteiger partial charge >= 0.3 is 5.97 Å². The summed E-state index contributed by atoms with van der Waals surface area (Å²) in [6, 6.07) is 9.17. The highest BCUT2D eigenvalue weighted by Gasteiger charge is 2.23. The van der Waals surface area contributed by atoms with Crippen LogP contribution in [0.5, 0.6) is 0 Å². The second kappa shape index (κ2) is 8.70. The Balaban J connectivity index is 2.52. The molecule has 0 aliphatic heterocycles. The molecule has 0 aliphatic rings. The van der Waals surface area contributed by atoms with Crippen LogP contribution in [0.15, 0.2) is 30.3 Å². The van der Waals surface area contributed by atoms with Crippen molar-refractivity contribution < 1.29 is 28.9 Å². The number of aliphatic carboxylic acids is 1. The molecule has 148 valence electrons. The fourth-order valence-corrected chi connectivity index (χ4v) is 3.98. The van der Waals surface area contributed by atoms with Gasteiger partial charge in [0.1, 0.15) is 5.82 Å². The second-order valence-corrected chi connectivity index (χ2v) is 8.79. The third kappa shape index (κ3) is 5.53. The van der Waals surface area contributed by atoms with Gasteiger partial charge < -0.3 is 15.1 Å². The van der Waals surface area contributed by atoms with Gasteiger partial charge in [0.05, 0.1) is 18.7 Å². The SMILES string of the molecule is Cc1cccc(-c2cc(C)c(F)c(C)c2C#CP(=O)(O)CC(O)CC(=O)O)c1. The van der Waals surface area contributed by atoms with Crippen LogP contribution in [0.4, 0.5) is 4.39 Å². The molecule has 0 heterocycles. The van der Waals surface area contributed by atoms with E-state index in [1.165, 1.54) is 0 Å². The third-order valence-electron chi connectivity index (χ3n) is 4.23. The summed E-state index contributed by atoms with van der Waals surface area (Å²) in [5.74, 6) is 0.881. The first-order chi connectivity index (χ1) is 13.0. The van der Waals surface area contributed by atoms with Crippen LogP contribution in [-0.4, -0.2) is 33.3 Å². The smallest absolute Gasteiger partial charge is 0.305 e. The molecule has 0 aliphatic carbocycles. The van der Waals surface area contributed by atoms with E-state index in [-0.39, 0.29) is 11.1 Å². The molecule has 2 rings (SSSR count). The van der Waals surface area contributed by atoms with Gasteiger partial charge in [0.2, 0.25) is 0 Å². The number of carboxylic acids is 1. The van der Waals surface area contributed by atoms with Crippen molar-refractivity contribution in [1.29, 1.82) is 0 Å². The van der Waals surface area contributed by atoms with Gasteiger partial charge in [-0.2, -0.15) is 0 Å². The Bertz CT molecular complexity index is 1020. The standard InChI is InChI=1S/C21H22FO5P/c1-13-5-4-6-16(9-13)19-10-14(2)21(22)15(3)18(19)7-8-28(26,27)12-17(23)11-20(24)25/h4-6,9-10,17,23H,11-12H2,1-3H3,(H,24,25)(H,26,27). The summed E-state index contributed by atoms with van der Waals surface area (Å²) in [6.45, 7) is 5.11. The summed E-state index contributed by atoms with van der Waals surface area (Å²) in [5, 5.41) is 18.3. The molecule has 0 saturated heterocycles. The molecule has 0 aromatic heterocycles. The summed E-state index contributed by atoms with van der Waals surface area (Å²) in [7, 11) is -4.13. The quantitative estimate of drug-likeness (QED) is 0.520. The molecule has 0 saturated carbocycles. The van der Waals surface area contributed by atoms with E-state index in [4.69, 9.17) is 5.11 Å². The van der Waals surface area contributed by atoms with Crippen molar-refractivity contribution >= 4 is 13.3 Å². The highest BCUT2D eigenvalue weighted by atomic mass is 31.2. The van der Waals surface area contributed by atoms with Gasteiger partial charge in [-0.15, -0.1) is 0 Å². The van der Waals surface area contributed by atoms with Gasteiger partial charge in [-0.05, 0) is 49.2 Å². The molecule has 7 heteroatoms. The number of carboxylic acid groups (broad SMARTS) is 1. The minimum Gasteiger partial charge on any atom is -0.481 e. The molecule has 2 unspecified atom stereocenters. The molecule has 0 bridgehead atoms. The predicted octanol–water partition coefficient (Wildman–Crippen LogP) is 3.83. The van der Waals surface area contributed by atoms with Crippen LogP contribution in [0.3, 0.4) is 0 Å². The molecular formula is C21H22FO5P. The minimum atomic E-state index is -4.13. The molecule has 0 spiro atoms. The molecule has 3 N–H and O–H groups in total. The van der Waals surface area contributed by atoms with E-state index >= 15 is 0 Å². The summed E-state index contributed by atoms with van der Waals surface area (Å²) in [4.78, 5) is 20.6. The highest BCUT2D eigenvalue weighted by Crippen LogP contribution is 2.40. The first kappa shape index (κ1) is 21.8. The number of carbonyl (C=O) groups is 1. The number of aryl methyl sites for hydroxylation is 2. The van der Waals surface area contributed by atoms with Crippen molar-refractivity contribution in [2.75, 3.05) is 6.16 Å². The first-order valence-electron chi connectivity index (χ1n) is 8.62. The Morgan fingerprint density at radius 1 is 1.25 bits per heavy atom. The Hall–Kier alpha value is -2.45. The Kier molecular flexibility index (Phi) is 6.79. The van der Waals surface area contributed by atoms with Crippen molar-refractivity contribution in [3.8, 4) is 22.7 Å². The Morgan fingerprint density at radius 3 is 2.54 bits per heavy atom. The maximum atomic E-state index is 14.4. The van der Waals surface area contributed by atoms with E-state index in [9.17, 15) is 23.7 Å². The van der Waals surface area contributed by atoms with Crippen LogP contribution in [0.1, 0.15) is 28.7 Å². The monoisotopic (exact) mass is 404 g/mol. The maximum absolute atomic E-state index is 14.4. The normalized spacial score (nSPS) is 13.9. The average Bonchev–Trinajstić information content (AvgIpc) is 2.57. The van der Waals surface area contributed by atoms with Crippen molar-refractivity contribution in [3.05, 3.63) is 58.4 Å². The molecule has 28 heavy (non-hydrogen) atoms. The van der Waals surface area contributed by atoms with E-state index in [1.807, 2.05) is 31.2 Å². The fourth-order valence-electron chi connectivity index (χ4n) is 2.90. The number of rotatable bonds is 5. The summed E-state index contributed by atoms with van der Waals surface area (Å²) in [5.41, 5.74) is 5.65. The Morgan fingerprint density at radius 2 is 1.93 bits per heavy atom. The van der Waals surface area contributed by atoms with Crippen LogP contribution < -0.4 is 0 Å². The van der Waals surface area contributed by atoms with Crippen LogP contribution >= 0.6 is 7.37 Å². The van der Waals surface area contributed by atoms with Gasteiger partial charge in [0.15, 0.2) is 0 Å². The average molecular weight is 404 g/mol. The molecule has 5 nitrogen and oxygen atoms in total. The maximum Gasteiger partial charge on any atom is 0.305 e. The summed E-state index contributed by atoms with van der Waals surface area (Å²) >= 11 is 0. The fraction of sp³-hybridized carbons (Fsp3) is 0.286. The zero-order chi connectivity index (χ0) is 21.1. The zero-order valence-electron chi connectivity index (χ0n) is 15.9. The van der Waals surface area contributed by atoms with Gasteiger partial charge in [-0.25, -0.2) is 4.39 Å². The molecule has 0 amide bonds. The van der Waals surface area contributed by atoms with Crippen molar-refractivity contribution in [2.24, 2.45) is 0 Å². The topological polar surface area (TPSA) is 94.8 Å². The zero-order valence-corrected chi connectivity index (χ0v) is 16.8. The number of hydrogen-bond acceptors (Lipinski definition) is 3. The van der Waals surface area contributed by atoms with Crippen LogP contribution in [0.25, 0.3) is 11.1 Å².